The summed E-state index contributed by atoms with van der Waals surface area (Å²) in [6, 6.07) is 0. The summed E-state index contributed by atoms with van der Waals surface area (Å²) in [5.41, 5.74) is 1.49. The Morgan fingerprint density at radius 3 is 2.28 bits per heavy atom. The molecule has 0 saturated carbocycles. The van der Waals surface area contributed by atoms with Crippen LogP contribution in [0.3, 0.4) is 0 Å². The first-order chi connectivity index (χ1) is 8.41. The van der Waals surface area contributed by atoms with Crippen molar-refractivity contribution >= 4 is 5.84 Å². The number of amidine groups is 1. The van der Waals surface area contributed by atoms with Gasteiger partial charge in [-0.2, -0.15) is 0 Å². The molecule has 18 heavy (non-hydrogen) atoms. The van der Waals surface area contributed by atoms with Crippen molar-refractivity contribution < 1.29 is 0 Å². The summed E-state index contributed by atoms with van der Waals surface area (Å²) in [6.07, 6.45) is 5.64. The quantitative estimate of drug-likeness (QED) is 0.709. The molecule has 2 heteroatoms. The molecule has 0 N–H and O–H groups in total. The van der Waals surface area contributed by atoms with Gasteiger partial charge >= 0.3 is 0 Å². The van der Waals surface area contributed by atoms with Crippen molar-refractivity contribution in [3.8, 4) is 0 Å². The van der Waals surface area contributed by atoms with E-state index in [1.54, 1.807) is 0 Å². The van der Waals surface area contributed by atoms with Gasteiger partial charge < -0.3 is 4.90 Å². The van der Waals surface area contributed by atoms with E-state index >= 15 is 0 Å². The van der Waals surface area contributed by atoms with Crippen molar-refractivity contribution in [2.24, 2.45) is 22.7 Å². The maximum absolute atomic E-state index is 4.64. The topological polar surface area (TPSA) is 15.6 Å². The number of hydrogen-bond donors (Lipinski definition) is 0. The summed E-state index contributed by atoms with van der Waals surface area (Å²) in [5, 5.41) is 0. The molecule has 1 atom stereocenters. The van der Waals surface area contributed by atoms with Crippen molar-refractivity contribution in [1.29, 1.82) is 0 Å². The Labute approximate surface area is 113 Å². The largest absolute Gasteiger partial charge is 0.363 e. The summed E-state index contributed by atoms with van der Waals surface area (Å²) in [7, 11) is 2.18. The fraction of sp³-hybridized carbons (Fsp3) is 0.812. The highest BCUT2D eigenvalue weighted by atomic mass is 15.2. The Balaban J connectivity index is 2.46. The third-order valence-electron chi connectivity index (χ3n) is 4.26. The minimum absolute atomic E-state index is 0.640. The van der Waals surface area contributed by atoms with Crippen LogP contribution >= 0.6 is 0 Å². The molecule has 1 heterocycles. The smallest absolute Gasteiger partial charge is 0.104 e. The Bertz CT molecular complexity index is 313. The van der Waals surface area contributed by atoms with Gasteiger partial charge in [0.15, 0.2) is 0 Å². The lowest BCUT2D eigenvalue weighted by atomic mass is 9.94. The monoisotopic (exact) mass is 250 g/mol. The van der Waals surface area contributed by atoms with Gasteiger partial charge in [-0.3, -0.25) is 0 Å². The van der Waals surface area contributed by atoms with Gasteiger partial charge in [0.1, 0.15) is 5.84 Å². The zero-order valence-electron chi connectivity index (χ0n) is 13.0. The van der Waals surface area contributed by atoms with E-state index in [4.69, 9.17) is 0 Å². The van der Waals surface area contributed by atoms with Crippen molar-refractivity contribution in [1.82, 2.24) is 4.90 Å². The minimum Gasteiger partial charge on any atom is -0.363 e. The van der Waals surface area contributed by atoms with Crippen LogP contribution in [-0.2, 0) is 0 Å². The van der Waals surface area contributed by atoms with E-state index in [0.717, 1.165) is 24.8 Å². The molecule has 104 valence electrons. The number of aliphatic imine (C=N–C) groups is 1. The average Bonchev–Trinajstić information content (AvgIpc) is 2.35. The van der Waals surface area contributed by atoms with E-state index in [9.17, 15) is 0 Å². The molecule has 0 fully saturated rings. The van der Waals surface area contributed by atoms with Crippen LogP contribution in [0.5, 0.6) is 0 Å². The molecule has 0 radical (unpaired) electrons. The second kappa shape index (κ2) is 6.96. The number of allylic oxidation sites excluding steroid dienone is 1. The molecule has 0 aromatic heterocycles. The molecule has 0 aromatic carbocycles. The summed E-state index contributed by atoms with van der Waals surface area (Å²) >= 11 is 0. The van der Waals surface area contributed by atoms with Crippen LogP contribution in [0.4, 0.5) is 0 Å². The first-order valence-electron chi connectivity index (χ1n) is 7.38. The number of nitrogens with zero attached hydrogens (tertiary/aromatic N) is 2. The number of hydrogen-bond acceptors (Lipinski definition) is 2. The Morgan fingerprint density at radius 2 is 1.83 bits per heavy atom. The fourth-order valence-corrected chi connectivity index (χ4v) is 2.13. The van der Waals surface area contributed by atoms with Crippen LogP contribution in [0, 0.1) is 17.8 Å². The molecule has 0 spiro atoms. The zero-order valence-corrected chi connectivity index (χ0v) is 13.0. The fourth-order valence-electron chi connectivity index (χ4n) is 2.13. The van der Waals surface area contributed by atoms with Gasteiger partial charge in [-0.05, 0) is 36.2 Å². The molecule has 0 saturated heterocycles. The minimum atomic E-state index is 0.640. The number of rotatable bonds is 5. The van der Waals surface area contributed by atoms with Crippen molar-refractivity contribution in [3.05, 3.63) is 11.8 Å². The molecule has 0 aromatic rings. The van der Waals surface area contributed by atoms with Crippen LogP contribution in [0.2, 0.25) is 0 Å². The van der Waals surface area contributed by atoms with E-state index in [-0.39, 0.29) is 0 Å². The third-order valence-corrected chi connectivity index (χ3v) is 4.26. The normalized spacial score (nSPS) is 17.8. The summed E-state index contributed by atoms with van der Waals surface area (Å²) in [5.74, 6) is 3.47. The Hall–Kier alpha value is -0.790. The molecule has 1 unspecified atom stereocenters. The van der Waals surface area contributed by atoms with Crippen LogP contribution in [0.25, 0.3) is 0 Å². The van der Waals surface area contributed by atoms with Crippen LogP contribution in [0.1, 0.15) is 53.9 Å². The van der Waals surface area contributed by atoms with Crippen LogP contribution < -0.4 is 0 Å². The predicted molar refractivity (Wildman–Crippen MR) is 80.8 cm³/mol. The maximum atomic E-state index is 4.64. The van der Waals surface area contributed by atoms with Crippen LogP contribution in [0.15, 0.2) is 16.8 Å². The molecular formula is C16H30N2. The van der Waals surface area contributed by atoms with Gasteiger partial charge in [0, 0.05) is 26.2 Å². The molecular weight excluding hydrogens is 220 g/mol. The van der Waals surface area contributed by atoms with Crippen molar-refractivity contribution in [2.75, 3.05) is 13.6 Å². The Kier molecular flexibility index (Phi) is 5.90. The molecule has 0 aliphatic carbocycles. The third kappa shape index (κ3) is 4.47. The van der Waals surface area contributed by atoms with Gasteiger partial charge in [0.25, 0.3) is 0 Å². The SMILES string of the molecule is CC(C)C1=CN=C(N(C)CCC(C)C(C)C)CC1. The van der Waals surface area contributed by atoms with Gasteiger partial charge in [-0.15, -0.1) is 0 Å². The van der Waals surface area contributed by atoms with Crippen molar-refractivity contribution in [3.63, 3.8) is 0 Å². The molecule has 1 rings (SSSR count). The first-order valence-corrected chi connectivity index (χ1v) is 7.38. The molecule has 2 nitrogen and oxygen atoms in total. The van der Waals surface area contributed by atoms with Gasteiger partial charge in [-0.1, -0.05) is 34.6 Å². The average molecular weight is 250 g/mol. The lowest BCUT2D eigenvalue weighted by molar-refractivity contribution is 0.345. The van der Waals surface area contributed by atoms with Crippen LogP contribution in [-0.4, -0.2) is 24.3 Å². The summed E-state index contributed by atoms with van der Waals surface area (Å²) in [6.45, 7) is 12.6. The maximum Gasteiger partial charge on any atom is 0.104 e. The highest BCUT2D eigenvalue weighted by Crippen LogP contribution is 2.21. The predicted octanol–water partition coefficient (Wildman–Crippen LogP) is 4.33. The van der Waals surface area contributed by atoms with Gasteiger partial charge in [-0.25, -0.2) is 4.99 Å². The second-order valence-electron chi connectivity index (χ2n) is 6.34. The second-order valence-corrected chi connectivity index (χ2v) is 6.34. The van der Waals surface area contributed by atoms with E-state index in [1.165, 1.54) is 24.3 Å². The summed E-state index contributed by atoms with van der Waals surface area (Å²) < 4.78 is 0. The molecule has 0 amide bonds. The highest BCUT2D eigenvalue weighted by molar-refractivity contribution is 5.83. The first kappa shape index (κ1) is 15.3. The molecule has 1 aliphatic rings. The van der Waals surface area contributed by atoms with Gasteiger partial charge in [0.05, 0.1) is 0 Å². The Morgan fingerprint density at radius 1 is 1.17 bits per heavy atom. The van der Waals surface area contributed by atoms with E-state index in [0.29, 0.717) is 5.92 Å². The lowest BCUT2D eigenvalue weighted by Crippen LogP contribution is -2.30. The molecule has 0 bridgehead atoms. The van der Waals surface area contributed by atoms with E-state index in [2.05, 4.69) is 57.8 Å². The standard InChI is InChI=1S/C16H30N2/c1-12(2)14(5)9-10-18(6)16-8-7-15(11-17-16)13(3)4/h11-14H,7-10H2,1-6H3. The zero-order chi connectivity index (χ0) is 13.7. The highest BCUT2D eigenvalue weighted by Gasteiger charge is 2.15. The van der Waals surface area contributed by atoms with Gasteiger partial charge in [0.2, 0.25) is 0 Å². The molecule has 1 aliphatic heterocycles. The lowest BCUT2D eigenvalue weighted by Gasteiger charge is -2.26. The summed E-state index contributed by atoms with van der Waals surface area (Å²) in [4.78, 5) is 6.98. The van der Waals surface area contributed by atoms with E-state index < -0.39 is 0 Å². The van der Waals surface area contributed by atoms with Crippen molar-refractivity contribution in [2.45, 2.75) is 53.9 Å². The van der Waals surface area contributed by atoms with E-state index in [1.807, 2.05) is 0 Å².